The number of pyridine rings is 1. The van der Waals surface area contributed by atoms with Crippen LogP contribution in [0.15, 0.2) is 12.3 Å². The number of hydrogen-bond acceptors (Lipinski definition) is 2. The number of hydrogen-bond donors (Lipinski definition) is 1. The second kappa shape index (κ2) is 3.52. The van der Waals surface area contributed by atoms with E-state index in [4.69, 9.17) is 0 Å². The highest BCUT2D eigenvalue weighted by Crippen LogP contribution is 2.12. The molecule has 1 heterocycles. The van der Waals surface area contributed by atoms with E-state index in [0.717, 1.165) is 11.4 Å². The van der Waals surface area contributed by atoms with Crippen molar-refractivity contribution in [2.24, 2.45) is 0 Å². The van der Waals surface area contributed by atoms with Crippen LogP contribution in [-0.2, 0) is 0 Å². The minimum atomic E-state index is -0.290. The van der Waals surface area contributed by atoms with Gasteiger partial charge < -0.3 is 5.32 Å². The number of aromatic nitrogens is 1. The third kappa shape index (κ3) is 2.19. The highest BCUT2D eigenvalue weighted by atomic mass is 19.1. The molecule has 0 radical (unpaired) electrons. The summed E-state index contributed by atoms with van der Waals surface area (Å²) in [6.07, 6.45) is 1.22. The monoisotopic (exact) mass is 168 g/mol. The quantitative estimate of drug-likeness (QED) is 0.733. The Hall–Kier alpha value is -1.12. The number of rotatable bonds is 2. The van der Waals surface area contributed by atoms with E-state index in [1.807, 2.05) is 20.8 Å². The van der Waals surface area contributed by atoms with Gasteiger partial charge in [0.2, 0.25) is 0 Å². The Morgan fingerprint density at radius 1 is 1.50 bits per heavy atom. The summed E-state index contributed by atoms with van der Waals surface area (Å²) in [7, 11) is 0. The summed E-state index contributed by atoms with van der Waals surface area (Å²) in [5, 5.41) is 3.12. The molecule has 0 atom stereocenters. The Balaban J connectivity index is 2.86. The van der Waals surface area contributed by atoms with E-state index in [-0.39, 0.29) is 5.82 Å². The molecule has 1 N–H and O–H groups in total. The molecule has 1 aromatic rings. The Labute approximate surface area is 71.8 Å². The summed E-state index contributed by atoms with van der Waals surface area (Å²) in [6, 6.07) is 1.79. The number of anilines is 1. The molecule has 1 rings (SSSR count). The molecule has 0 aromatic carbocycles. The number of nitrogens with zero attached hydrogens (tertiary/aromatic N) is 1. The van der Waals surface area contributed by atoms with Gasteiger partial charge in [0.1, 0.15) is 11.6 Å². The van der Waals surface area contributed by atoms with E-state index in [1.165, 1.54) is 12.3 Å². The van der Waals surface area contributed by atoms with Gasteiger partial charge in [-0.25, -0.2) is 9.37 Å². The fourth-order valence-electron chi connectivity index (χ4n) is 0.965. The molecule has 0 saturated carbocycles. The number of aryl methyl sites for hydroxylation is 1. The van der Waals surface area contributed by atoms with Crippen molar-refractivity contribution in [3.8, 4) is 0 Å². The Morgan fingerprint density at radius 2 is 2.17 bits per heavy atom. The maximum absolute atomic E-state index is 12.6. The van der Waals surface area contributed by atoms with Gasteiger partial charge in [0.25, 0.3) is 0 Å². The zero-order valence-electron chi connectivity index (χ0n) is 7.56. The molecule has 2 nitrogen and oxygen atoms in total. The van der Waals surface area contributed by atoms with Crippen LogP contribution in [0.4, 0.5) is 10.2 Å². The largest absolute Gasteiger partial charge is 0.368 e. The van der Waals surface area contributed by atoms with Crippen molar-refractivity contribution in [1.82, 2.24) is 4.98 Å². The van der Waals surface area contributed by atoms with Crippen LogP contribution in [0.25, 0.3) is 0 Å². The van der Waals surface area contributed by atoms with Gasteiger partial charge in [0.05, 0.1) is 6.20 Å². The molecule has 0 fully saturated rings. The summed E-state index contributed by atoms with van der Waals surface area (Å²) in [5.74, 6) is 0.466. The molecule has 0 aliphatic rings. The lowest BCUT2D eigenvalue weighted by Crippen LogP contribution is -2.12. The standard InChI is InChI=1S/C9H13FN2/c1-6(2)12-9-7(3)4-8(10)5-11-9/h4-6H,1-3H3,(H,11,12). The normalized spacial score (nSPS) is 10.4. The number of halogens is 1. The molecule has 0 spiro atoms. The Kier molecular flexibility index (Phi) is 2.63. The van der Waals surface area contributed by atoms with E-state index < -0.39 is 0 Å². The summed E-state index contributed by atoms with van der Waals surface area (Å²) in [6.45, 7) is 5.87. The average Bonchev–Trinajstić information content (AvgIpc) is 1.94. The third-order valence-electron chi connectivity index (χ3n) is 1.47. The highest BCUT2D eigenvalue weighted by molar-refractivity contribution is 5.43. The van der Waals surface area contributed by atoms with Crippen LogP contribution in [0.3, 0.4) is 0 Å². The first-order valence-electron chi connectivity index (χ1n) is 3.98. The maximum Gasteiger partial charge on any atom is 0.141 e. The van der Waals surface area contributed by atoms with Gasteiger partial charge in [-0.2, -0.15) is 0 Å². The molecule has 66 valence electrons. The summed E-state index contributed by atoms with van der Waals surface area (Å²) in [4.78, 5) is 3.93. The minimum Gasteiger partial charge on any atom is -0.368 e. The second-order valence-corrected chi connectivity index (χ2v) is 3.12. The van der Waals surface area contributed by atoms with Crippen LogP contribution >= 0.6 is 0 Å². The van der Waals surface area contributed by atoms with Crippen molar-refractivity contribution < 1.29 is 4.39 Å². The lowest BCUT2D eigenvalue weighted by atomic mass is 10.2. The van der Waals surface area contributed by atoms with Gasteiger partial charge in [0, 0.05) is 6.04 Å². The molecule has 0 aliphatic carbocycles. The molecule has 1 aromatic heterocycles. The predicted molar refractivity (Wildman–Crippen MR) is 47.7 cm³/mol. The van der Waals surface area contributed by atoms with E-state index >= 15 is 0 Å². The van der Waals surface area contributed by atoms with Crippen LogP contribution in [0.2, 0.25) is 0 Å². The molecule has 0 aliphatic heterocycles. The lowest BCUT2D eigenvalue weighted by molar-refractivity contribution is 0.620. The van der Waals surface area contributed by atoms with Gasteiger partial charge in [-0.05, 0) is 32.4 Å². The van der Waals surface area contributed by atoms with E-state index in [0.29, 0.717) is 6.04 Å². The molecular formula is C9H13FN2. The first-order valence-corrected chi connectivity index (χ1v) is 3.98. The number of nitrogens with one attached hydrogen (secondary N) is 1. The van der Waals surface area contributed by atoms with Gasteiger partial charge in [-0.3, -0.25) is 0 Å². The van der Waals surface area contributed by atoms with Crippen LogP contribution in [0.1, 0.15) is 19.4 Å². The third-order valence-corrected chi connectivity index (χ3v) is 1.47. The molecular weight excluding hydrogens is 155 g/mol. The van der Waals surface area contributed by atoms with Crippen LogP contribution < -0.4 is 5.32 Å². The maximum atomic E-state index is 12.6. The van der Waals surface area contributed by atoms with Gasteiger partial charge >= 0.3 is 0 Å². The van der Waals surface area contributed by atoms with Crippen molar-refractivity contribution in [1.29, 1.82) is 0 Å². The fourth-order valence-corrected chi connectivity index (χ4v) is 0.965. The van der Waals surface area contributed by atoms with Gasteiger partial charge in [-0.15, -0.1) is 0 Å². The topological polar surface area (TPSA) is 24.9 Å². The molecule has 3 heteroatoms. The van der Waals surface area contributed by atoms with Crippen molar-refractivity contribution in [3.05, 3.63) is 23.6 Å². The summed E-state index contributed by atoms with van der Waals surface area (Å²) < 4.78 is 12.6. The van der Waals surface area contributed by atoms with Crippen molar-refractivity contribution in [2.75, 3.05) is 5.32 Å². The Bertz CT molecular complexity index is 271. The molecule has 12 heavy (non-hydrogen) atoms. The summed E-state index contributed by atoms with van der Waals surface area (Å²) >= 11 is 0. The van der Waals surface area contributed by atoms with Crippen LogP contribution in [0, 0.1) is 12.7 Å². The fraction of sp³-hybridized carbons (Fsp3) is 0.444. The van der Waals surface area contributed by atoms with Crippen molar-refractivity contribution in [3.63, 3.8) is 0 Å². The second-order valence-electron chi connectivity index (χ2n) is 3.12. The molecule has 0 unspecified atom stereocenters. The first-order chi connectivity index (χ1) is 5.59. The summed E-state index contributed by atoms with van der Waals surface area (Å²) in [5.41, 5.74) is 0.837. The van der Waals surface area contributed by atoms with Gasteiger partial charge in [-0.1, -0.05) is 0 Å². The smallest absolute Gasteiger partial charge is 0.141 e. The average molecular weight is 168 g/mol. The van der Waals surface area contributed by atoms with E-state index in [9.17, 15) is 4.39 Å². The first kappa shape index (κ1) is 8.97. The van der Waals surface area contributed by atoms with Crippen LogP contribution in [-0.4, -0.2) is 11.0 Å². The van der Waals surface area contributed by atoms with Crippen molar-refractivity contribution >= 4 is 5.82 Å². The molecule has 0 amide bonds. The molecule has 0 saturated heterocycles. The SMILES string of the molecule is Cc1cc(F)cnc1NC(C)C. The lowest BCUT2D eigenvalue weighted by Gasteiger charge is -2.10. The van der Waals surface area contributed by atoms with E-state index in [1.54, 1.807) is 0 Å². The highest BCUT2D eigenvalue weighted by Gasteiger charge is 2.01. The molecule has 0 bridgehead atoms. The predicted octanol–water partition coefficient (Wildman–Crippen LogP) is 2.35. The van der Waals surface area contributed by atoms with Crippen LogP contribution in [0.5, 0.6) is 0 Å². The van der Waals surface area contributed by atoms with E-state index in [2.05, 4.69) is 10.3 Å². The zero-order valence-corrected chi connectivity index (χ0v) is 7.56. The van der Waals surface area contributed by atoms with Crippen molar-refractivity contribution in [2.45, 2.75) is 26.8 Å². The van der Waals surface area contributed by atoms with Gasteiger partial charge in [0.15, 0.2) is 0 Å². The zero-order chi connectivity index (χ0) is 9.14. The minimum absolute atomic E-state index is 0.290. The Morgan fingerprint density at radius 3 is 2.67 bits per heavy atom.